The van der Waals surface area contributed by atoms with E-state index in [4.69, 9.17) is 0 Å². The summed E-state index contributed by atoms with van der Waals surface area (Å²) < 4.78 is 0. The fraction of sp³-hybridized carbons (Fsp3) is 0.261. The van der Waals surface area contributed by atoms with Gasteiger partial charge >= 0.3 is 0 Å². The van der Waals surface area contributed by atoms with Crippen LogP contribution in [0.1, 0.15) is 24.0 Å². The summed E-state index contributed by atoms with van der Waals surface area (Å²) in [4.78, 5) is 24.2. The minimum absolute atomic E-state index is 0.0396. The van der Waals surface area contributed by atoms with E-state index in [1.54, 1.807) is 23.2 Å². The van der Waals surface area contributed by atoms with Gasteiger partial charge in [-0.25, -0.2) is 0 Å². The highest BCUT2D eigenvalue weighted by Crippen LogP contribution is 2.35. The molecule has 0 atom stereocenters. The number of hydrazine groups is 1. The molecule has 0 saturated carbocycles. The smallest absolute Gasteiger partial charge is 0.277 e. The lowest BCUT2D eigenvalue weighted by molar-refractivity contribution is -0.383. The number of carbonyl (C=O) groups is 1. The third kappa shape index (κ3) is 3.78. The van der Waals surface area contributed by atoms with Gasteiger partial charge in [-0.1, -0.05) is 48.0 Å². The molecule has 1 aliphatic rings. The highest BCUT2D eigenvalue weighted by Gasteiger charge is 2.27. The summed E-state index contributed by atoms with van der Waals surface area (Å²) in [6, 6.07) is 18.6. The molecule has 4 rings (SSSR count). The molecule has 1 heterocycles. The molecule has 0 bridgehead atoms. The third-order valence-corrected chi connectivity index (χ3v) is 5.36. The lowest BCUT2D eigenvalue weighted by Crippen LogP contribution is -2.51. The number of amides is 1. The first-order valence-electron chi connectivity index (χ1n) is 9.84. The van der Waals surface area contributed by atoms with Crippen molar-refractivity contribution >= 4 is 28.1 Å². The molecule has 0 unspecified atom stereocenters. The first-order chi connectivity index (χ1) is 14.0. The van der Waals surface area contributed by atoms with Crippen molar-refractivity contribution < 1.29 is 9.72 Å². The lowest BCUT2D eigenvalue weighted by Gasteiger charge is -2.40. The summed E-state index contributed by atoms with van der Waals surface area (Å²) in [7, 11) is 0. The van der Waals surface area contributed by atoms with Gasteiger partial charge in [0.2, 0.25) is 5.91 Å². The van der Waals surface area contributed by atoms with Crippen molar-refractivity contribution in [3.63, 3.8) is 0 Å². The minimum atomic E-state index is -0.358. The molecule has 3 aromatic carbocycles. The third-order valence-electron chi connectivity index (χ3n) is 5.36. The van der Waals surface area contributed by atoms with Gasteiger partial charge in [-0.05, 0) is 37.5 Å². The zero-order valence-electron chi connectivity index (χ0n) is 16.4. The molecular weight excluding hydrogens is 366 g/mol. The molecule has 0 radical (unpaired) electrons. The minimum Gasteiger partial charge on any atom is -0.282 e. The quantitative estimate of drug-likeness (QED) is 0.481. The normalized spacial score (nSPS) is 14.2. The Morgan fingerprint density at radius 1 is 1.00 bits per heavy atom. The van der Waals surface area contributed by atoms with Gasteiger partial charge in [0.1, 0.15) is 0 Å². The number of rotatable bonds is 4. The fourth-order valence-corrected chi connectivity index (χ4v) is 4.01. The lowest BCUT2D eigenvalue weighted by atomic mass is 10.1. The van der Waals surface area contributed by atoms with E-state index in [1.807, 2.05) is 48.3 Å². The Morgan fingerprint density at radius 3 is 2.52 bits per heavy atom. The Hall–Kier alpha value is -3.41. The van der Waals surface area contributed by atoms with E-state index in [-0.39, 0.29) is 16.5 Å². The molecule has 29 heavy (non-hydrogen) atoms. The number of fused-ring (bicyclic) bond motifs is 1. The van der Waals surface area contributed by atoms with Gasteiger partial charge in [0.05, 0.1) is 22.4 Å². The van der Waals surface area contributed by atoms with Crippen LogP contribution < -0.4 is 5.01 Å². The van der Waals surface area contributed by atoms with E-state index >= 15 is 0 Å². The van der Waals surface area contributed by atoms with Gasteiger partial charge in [-0.15, -0.1) is 0 Å². The highest BCUT2D eigenvalue weighted by molar-refractivity contribution is 6.00. The summed E-state index contributed by atoms with van der Waals surface area (Å²) in [5.74, 6) is 0.0396. The van der Waals surface area contributed by atoms with Crippen LogP contribution in [0.15, 0.2) is 60.7 Å². The van der Waals surface area contributed by atoms with Gasteiger partial charge in [0.15, 0.2) is 0 Å². The second-order valence-electron chi connectivity index (χ2n) is 7.42. The van der Waals surface area contributed by atoms with Crippen LogP contribution in [0, 0.1) is 17.0 Å². The Kier molecular flexibility index (Phi) is 5.16. The maximum Gasteiger partial charge on any atom is 0.277 e. The monoisotopic (exact) mass is 389 g/mol. The molecule has 0 aromatic heterocycles. The van der Waals surface area contributed by atoms with Crippen molar-refractivity contribution in [1.82, 2.24) is 5.01 Å². The number of carbonyl (C=O) groups excluding carboxylic acids is 1. The second-order valence-corrected chi connectivity index (χ2v) is 7.42. The van der Waals surface area contributed by atoms with Crippen LogP contribution in [0.3, 0.4) is 0 Å². The van der Waals surface area contributed by atoms with Gasteiger partial charge < -0.3 is 0 Å². The molecule has 1 aliphatic heterocycles. The molecule has 148 valence electrons. The largest absolute Gasteiger partial charge is 0.282 e. The standard InChI is InChI=1S/C23H23N3O3/c1-17-7-6-8-18(15-17)16-23(27)25-14-5-4-13-24(25)21-11-12-22(26(28)29)20-10-3-2-9-19(20)21/h2-3,6-12,15H,4-5,13-14,16H2,1H3. The number of hydrogen-bond donors (Lipinski definition) is 0. The van der Waals surface area contributed by atoms with E-state index in [0.717, 1.165) is 35.0 Å². The zero-order chi connectivity index (χ0) is 20.4. The maximum absolute atomic E-state index is 13.1. The zero-order valence-corrected chi connectivity index (χ0v) is 16.4. The van der Waals surface area contributed by atoms with Crippen LogP contribution in [0.4, 0.5) is 11.4 Å². The Bertz CT molecular complexity index is 1080. The number of non-ortho nitro benzene ring substituents is 1. The first-order valence-corrected chi connectivity index (χ1v) is 9.84. The van der Waals surface area contributed by atoms with E-state index in [0.29, 0.717) is 24.9 Å². The number of aryl methyl sites for hydroxylation is 1. The summed E-state index contributed by atoms with van der Waals surface area (Å²) in [6.45, 7) is 3.38. The molecule has 1 amide bonds. The van der Waals surface area contributed by atoms with Crippen molar-refractivity contribution in [3.8, 4) is 0 Å². The Balaban J connectivity index is 1.70. The van der Waals surface area contributed by atoms with Crippen LogP contribution in [0.2, 0.25) is 0 Å². The van der Waals surface area contributed by atoms with Crippen LogP contribution >= 0.6 is 0 Å². The van der Waals surface area contributed by atoms with Gasteiger partial charge in [-0.3, -0.25) is 24.9 Å². The predicted molar refractivity (Wildman–Crippen MR) is 114 cm³/mol. The predicted octanol–water partition coefficient (Wildman–Crippen LogP) is 4.64. The van der Waals surface area contributed by atoms with Crippen molar-refractivity contribution in [2.75, 3.05) is 18.1 Å². The van der Waals surface area contributed by atoms with Gasteiger partial charge in [0, 0.05) is 24.5 Å². The van der Waals surface area contributed by atoms with Gasteiger partial charge in [0.25, 0.3) is 5.69 Å². The van der Waals surface area contributed by atoms with Crippen molar-refractivity contribution in [3.05, 3.63) is 81.9 Å². The van der Waals surface area contributed by atoms with E-state index in [2.05, 4.69) is 0 Å². The number of benzene rings is 3. The molecule has 1 fully saturated rings. The summed E-state index contributed by atoms with van der Waals surface area (Å²) in [6.07, 6.45) is 2.25. The topological polar surface area (TPSA) is 66.7 Å². The summed E-state index contributed by atoms with van der Waals surface area (Å²) in [5.41, 5.74) is 3.05. The average molecular weight is 389 g/mol. The summed E-state index contributed by atoms with van der Waals surface area (Å²) >= 11 is 0. The number of anilines is 1. The molecule has 3 aromatic rings. The van der Waals surface area contributed by atoms with Crippen LogP contribution in [-0.4, -0.2) is 28.9 Å². The molecule has 0 N–H and O–H groups in total. The molecular formula is C23H23N3O3. The first kappa shape index (κ1) is 18.9. The van der Waals surface area contributed by atoms with Crippen molar-refractivity contribution in [1.29, 1.82) is 0 Å². The molecule has 0 spiro atoms. The molecule has 6 heteroatoms. The SMILES string of the molecule is Cc1cccc(CC(=O)N2CCCCN2c2ccc([N+](=O)[O-])c3ccccc23)c1. The highest BCUT2D eigenvalue weighted by atomic mass is 16.6. The molecule has 0 aliphatic carbocycles. The van der Waals surface area contributed by atoms with Crippen LogP contribution in [0.5, 0.6) is 0 Å². The van der Waals surface area contributed by atoms with Crippen LogP contribution in [-0.2, 0) is 11.2 Å². The number of nitro groups is 1. The summed E-state index contributed by atoms with van der Waals surface area (Å²) in [5, 5.41) is 16.6. The van der Waals surface area contributed by atoms with Crippen molar-refractivity contribution in [2.45, 2.75) is 26.2 Å². The number of nitro benzene ring substituents is 1. The Labute approximate surface area is 169 Å². The second kappa shape index (κ2) is 7.91. The number of nitrogens with zero attached hydrogens (tertiary/aromatic N) is 3. The molecule has 1 saturated heterocycles. The Morgan fingerprint density at radius 2 is 1.76 bits per heavy atom. The number of hydrogen-bond acceptors (Lipinski definition) is 4. The fourth-order valence-electron chi connectivity index (χ4n) is 4.01. The van der Waals surface area contributed by atoms with Gasteiger partial charge in [-0.2, -0.15) is 0 Å². The average Bonchev–Trinajstić information content (AvgIpc) is 2.73. The van der Waals surface area contributed by atoms with E-state index in [9.17, 15) is 14.9 Å². The van der Waals surface area contributed by atoms with E-state index in [1.165, 1.54) is 6.07 Å². The maximum atomic E-state index is 13.1. The van der Waals surface area contributed by atoms with Crippen LogP contribution in [0.25, 0.3) is 10.8 Å². The molecule has 6 nitrogen and oxygen atoms in total. The van der Waals surface area contributed by atoms with E-state index < -0.39 is 0 Å². The van der Waals surface area contributed by atoms with Crippen molar-refractivity contribution in [2.24, 2.45) is 0 Å².